The number of oxime groups is 1. The van der Waals surface area contributed by atoms with Crippen LogP contribution in [0.1, 0.15) is 11.1 Å². The van der Waals surface area contributed by atoms with E-state index < -0.39 is 5.82 Å². The topological polar surface area (TPSA) is 84.4 Å². The summed E-state index contributed by atoms with van der Waals surface area (Å²) in [5.41, 5.74) is 6.51. The highest BCUT2D eigenvalue weighted by Gasteiger charge is 2.06. The minimum atomic E-state index is -0.424. The van der Waals surface area contributed by atoms with Gasteiger partial charge in [-0.3, -0.25) is 0 Å². The van der Waals surface area contributed by atoms with Gasteiger partial charge in [0.15, 0.2) is 10.2 Å². The van der Waals surface area contributed by atoms with Crippen LogP contribution in [0.3, 0.4) is 0 Å². The van der Waals surface area contributed by atoms with E-state index in [-0.39, 0.29) is 5.84 Å². The maximum Gasteiger partial charge on any atom is 0.170 e. The zero-order chi connectivity index (χ0) is 13.0. The lowest BCUT2D eigenvalue weighted by atomic mass is 10.1. The van der Waals surface area contributed by atoms with Crippen LogP contribution >= 0.6 is 23.3 Å². The summed E-state index contributed by atoms with van der Waals surface area (Å²) in [6.07, 6.45) is 1.47. The smallest absolute Gasteiger partial charge is 0.170 e. The Hall–Kier alpha value is -1.67. The Morgan fingerprint density at radius 3 is 3.00 bits per heavy atom. The molecule has 8 heteroatoms. The number of aromatic nitrogens is 2. The van der Waals surface area contributed by atoms with Crippen molar-refractivity contribution in [3.63, 3.8) is 0 Å². The average Bonchev–Trinajstić information content (AvgIpc) is 2.88. The molecule has 0 bridgehead atoms. The first-order chi connectivity index (χ1) is 8.69. The summed E-state index contributed by atoms with van der Waals surface area (Å²) in [6.45, 7) is 0. The summed E-state index contributed by atoms with van der Waals surface area (Å²) in [5, 5.41) is 11.4. The lowest BCUT2D eigenvalue weighted by Gasteiger charge is -2.04. The van der Waals surface area contributed by atoms with Crippen molar-refractivity contribution in [3.05, 3.63) is 41.5 Å². The van der Waals surface area contributed by atoms with Crippen molar-refractivity contribution < 1.29 is 9.60 Å². The molecule has 1 aromatic carbocycles. The molecule has 0 radical (unpaired) electrons. The molecule has 2 rings (SSSR count). The standard InChI is InChI=1S/C10H9FN4OS2/c11-8-2-6(1-7(3-8)9(12)15-16)4-17-10-13-5-14-18-10/h1-3,5,16H,4H2,(H2,12,15). The van der Waals surface area contributed by atoms with Gasteiger partial charge >= 0.3 is 0 Å². The molecule has 0 aliphatic carbocycles. The van der Waals surface area contributed by atoms with Crippen LogP contribution < -0.4 is 5.73 Å². The SMILES string of the molecule is N/C(=N/O)c1cc(F)cc(CSc2ncns2)c1. The van der Waals surface area contributed by atoms with Gasteiger partial charge in [0.1, 0.15) is 12.1 Å². The van der Waals surface area contributed by atoms with Crippen molar-refractivity contribution in [2.75, 3.05) is 0 Å². The molecule has 2 aromatic rings. The fourth-order valence-corrected chi connectivity index (χ4v) is 2.68. The number of amidine groups is 1. The number of halogens is 1. The number of nitrogens with zero attached hydrogens (tertiary/aromatic N) is 3. The monoisotopic (exact) mass is 284 g/mol. The van der Waals surface area contributed by atoms with Crippen LogP contribution in [0.5, 0.6) is 0 Å². The first kappa shape index (κ1) is 12.8. The zero-order valence-electron chi connectivity index (χ0n) is 9.08. The van der Waals surface area contributed by atoms with Crippen LogP contribution in [0.25, 0.3) is 0 Å². The molecule has 0 amide bonds. The second-order valence-corrected chi connectivity index (χ2v) is 5.33. The molecule has 1 aromatic heterocycles. The molecule has 94 valence electrons. The summed E-state index contributed by atoms with van der Waals surface area (Å²) in [7, 11) is 0. The predicted octanol–water partition coefficient (Wildman–Crippen LogP) is 2.06. The molecule has 18 heavy (non-hydrogen) atoms. The number of thioether (sulfide) groups is 1. The van der Waals surface area contributed by atoms with Gasteiger partial charge in [0.2, 0.25) is 0 Å². The van der Waals surface area contributed by atoms with Crippen molar-refractivity contribution in [1.29, 1.82) is 0 Å². The molecule has 1 heterocycles. The van der Waals surface area contributed by atoms with E-state index >= 15 is 0 Å². The maximum atomic E-state index is 13.4. The van der Waals surface area contributed by atoms with E-state index in [9.17, 15) is 4.39 Å². The van der Waals surface area contributed by atoms with Crippen LogP contribution in [-0.4, -0.2) is 20.4 Å². The molecule has 0 saturated heterocycles. The van der Waals surface area contributed by atoms with E-state index in [2.05, 4.69) is 14.5 Å². The fourth-order valence-electron chi connectivity index (χ4n) is 1.31. The number of benzene rings is 1. The molecule has 0 aliphatic rings. The summed E-state index contributed by atoms with van der Waals surface area (Å²) < 4.78 is 18.0. The largest absolute Gasteiger partial charge is 0.409 e. The van der Waals surface area contributed by atoms with Gasteiger partial charge in [0.25, 0.3) is 0 Å². The lowest BCUT2D eigenvalue weighted by molar-refractivity contribution is 0.318. The third-order valence-corrected chi connectivity index (χ3v) is 3.93. The Morgan fingerprint density at radius 2 is 2.33 bits per heavy atom. The second kappa shape index (κ2) is 5.78. The van der Waals surface area contributed by atoms with Crippen LogP contribution in [0.2, 0.25) is 0 Å². The lowest BCUT2D eigenvalue weighted by Crippen LogP contribution is -2.13. The third kappa shape index (κ3) is 3.17. The van der Waals surface area contributed by atoms with Gasteiger partial charge < -0.3 is 10.9 Å². The first-order valence-corrected chi connectivity index (χ1v) is 6.62. The quantitative estimate of drug-likeness (QED) is 0.295. The zero-order valence-corrected chi connectivity index (χ0v) is 10.7. The van der Waals surface area contributed by atoms with Crippen molar-refractivity contribution in [2.45, 2.75) is 10.1 Å². The Bertz CT molecular complexity index is 559. The van der Waals surface area contributed by atoms with Gasteiger partial charge in [0, 0.05) is 11.3 Å². The van der Waals surface area contributed by atoms with Gasteiger partial charge in [-0.1, -0.05) is 16.9 Å². The molecule has 0 atom stereocenters. The van der Waals surface area contributed by atoms with Crippen molar-refractivity contribution in [3.8, 4) is 0 Å². The average molecular weight is 284 g/mol. The molecule has 0 aliphatic heterocycles. The summed E-state index contributed by atoms with van der Waals surface area (Å²) in [5.74, 6) is 0.00203. The number of hydrogen-bond donors (Lipinski definition) is 2. The van der Waals surface area contributed by atoms with Gasteiger partial charge in [-0.15, -0.1) is 0 Å². The van der Waals surface area contributed by atoms with E-state index in [0.29, 0.717) is 11.3 Å². The van der Waals surface area contributed by atoms with E-state index in [0.717, 1.165) is 9.90 Å². The minimum Gasteiger partial charge on any atom is -0.409 e. The molecule has 0 unspecified atom stereocenters. The number of rotatable bonds is 4. The van der Waals surface area contributed by atoms with Crippen molar-refractivity contribution in [1.82, 2.24) is 9.36 Å². The Balaban J connectivity index is 2.15. The van der Waals surface area contributed by atoms with E-state index in [1.165, 1.54) is 41.8 Å². The Morgan fingerprint density at radius 1 is 1.50 bits per heavy atom. The van der Waals surface area contributed by atoms with E-state index in [1.54, 1.807) is 6.07 Å². The van der Waals surface area contributed by atoms with Gasteiger partial charge in [-0.05, 0) is 35.3 Å². The molecule has 0 saturated carbocycles. The predicted molar refractivity (Wildman–Crippen MR) is 68.4 cm³/mol. The Kier molecular flexibility index (Phi) is 4.11. The molecular weight excluding hydrogens is 275 g/mol. The van der Waals surface area contributed by atoms with Gasteiger partial charge in [0.05, 0.1) is 0 Å². The number of hydrogen-bond acceptors (Lipinski definition) is 6. The summed E-state index contributed by atoms with van der Waals surface area (Å²) in [4.78, 5) is 4.02. The molecular formula is C10H9FN4OS2. The normalized spacial score (nSPS) is 11.7. The van der Waals surface area contributed by atoms with E-state index in [4.69, 9.17) is 10.9 Å². The summed E-state index contributed by atoms with van der Waals surface area (Å²) >= 11 is 2.73. The van der Waals surface area contributed by atoms with E-state index in [1.807, 2.05) is 0 Å². The maximum absolute atomic E-state index is 13.4. The van der Waals surface area contributed by atoms with Gasteiger partial charge in [-0.2, -0.15) is 4.37 Å². The highest BCUT2D eigenvalue weighted by Crippen LogP contribution is 2.24. The highest BCUT2D eigenvalue weighted by atomic mass is 32.2. The second-order valence-electron chi connectivity index (χ2n) is 3.33. The molecule has 5 nitrogen and oxygen atoms in total. The third-order valence-electron chi connectivity index (χ3n) is 2.06. The molecule has 0 spiro atoms. The Labute approximate surface area is 111 Å². The summed E-state index contributed by atoms with van der Waals surface area (Å²) in [6, 6.07) is 4.29. The fraction of sp³-hybridized carbons (Fsp3) is 0.100. The van der Waals surface area contributed by atoms with Crippen molar-refractivity contribution >= 4 is 29.1 Å². The first-order valence-electron chi connectivity index (χ1n) is 4.86. The van der Waals surface area contributed by atoms with Crippen LogP contribution in [-0.2, 0) is 5.75 Å². The van der Waals surface area contributed by atoms with Gasteiger partial charge in [-0.25, -0.2) is 9.37 Å². The highest BCUT2D eigenvalue weighted by molar-refractivity contribution is 8.00. The molecule has 3 N–H and O–H groups in total. The van der Waals surface area contributed by atoms with Crippen molar-refractivity contribution in [2.24, 2.45) is 10.9 Å². The van der Waals surface area contributed by atoms with Crippen LogP contribution in [0.15, 0.2) is 34.0 Å². The number of nitrogens with two attached hydrogens (primary N) is 1. The minimum absolute atomic E-state index is 0.114. The van der Waals surface area contributed by atoms with Crippen LogP contribution in [0, 0.1) is 5.82 Å². The molecule has 0 fully saturated rings. The van der Waals surface area contributed by atoms with Crippen LogP contribution in [0.4, 0.5) is 4.39 Å².